The molecular formula is C9H13O3. The monoisotopic (exact) mass is 169 g/mol. The largest absolute Gasteiger partial charge is 0.393 e. The van der Waals surface area contributed by atoms with Crippen molar-refractivity contribution in [1.29, 1.82) is 0 Å². The minimum atomic E-state index is -0.408. The van der Waals surface area contributed by atoms with Gasteiger partial charge in [0.15, 0.2) is 0 Å². The summed E-state index contributed by atoms with van der Waals surface area (Å²) in [5.74, 6) is -1.07. The first-order chi connectivity index (χ1) is 5.38. The van der Waals surface area contributed by atoms with Crippen molar-refractivity contribution in [2.24, 2.45) is 11.3 Å². The minimum absolute atomic E-state index is 0.172. The maximum Gasteiger partial charge on any atom is 0.317 e. The van der Waals surface area contributed by atoms with Gasteiger partial charge < -0.3 is 4.74 Å². The van der Waals surface area contributed by atoms with Gasteiger partial charge in [-0.2, -0.15) is 0 Å². The summed E-state index contributed by atoms with van der Waals surface area (Å²) in [5.41, 5.74) is -0.172. The third-order valence-corrected chi connectivity index (χ3v) is 1.76. The molecule has 1 atom stereocenters. The highest BCUT2D eigenvalue weighted by atomic mass is 16.6. The quantitative estimate of drug-likeness (QED) is 0.462. The van der Waals surface area contributed by atoms with Gasteiger partial charge in [-0.1, -0.05) is 13.8 Å². The Morgan fingerprint density at radius 1 is 1.58 bits per heavy atom. The molecule has 0 bridgehead atoms. The van der Waals surface area contributed by atoms with E-state index in [1.807, 2.05) is 13.8 Å². The van der Waals surface area contributed by atoms with Crippen molar-refractivity contribution in [3.63, 3.8) is 0 Å². The Kier molecular flexibility index (Phi) is 2.22. The number of cyclic esters (lactones) is 2. The van der Waals surface area contributed by atoms with E-state index < -0.39 is 11.9 Å². The standard InChI is InChI=1S/C9H13O3/c1-9(2,3)5-6-4-7(10)12-8(6)11/h6H,1,4-5H2,2-3H3. The first-order valence-corrected chi connectivity index (χ1v) is 3.98. The number of hydrogen-bond acceptors (Lipinski definition) is 3. The number of rotatable bonds is 2. The first kappa shape index (κ1) is 9.23. The Morgan fingerprint density at radius 3 is 2.50 bits per heavy atom. The van der Waals surface area contributed by atoms with Crippen LogP contribution in [0.1, 0.15) is 26.7 Å². The molecule has 3 heteroatoms. The van der Waals surface area contributed by atoms with E-state index in [9.17, 15) is 9.59 Å². The van der Waals surface area contributed by atoms with Crippen LogP contribution in [-0.2, 0) is 14.3 Å². The van der Waals surface area contributed by atoms with E-state index in [0.717, 1.165) is 0 Å². The molecule has 1 aliphatic heterocycles. The highest BCUT2D eigenvalue weighted by Gasteiger charge is 2.35. The lowest BCUT2D eigenvalue weighted by atomic mass is 9.84. The van der Waals surface area contributed by atoms with E-state index in [1.54, 1.807) is 0 Å². The summed E-state index contributed by atoms with van der Waals surface area (Å²) in [6.07, 6.45) is 0.829. The van der Waals surface area contributed by atoms with E-state index in [2.05, 4.69) is 11.7 Å². The number of carbonyl (C=O) groups excluding carboxylic acids is 2. The van der Waals surface area contributed by atoms with Crippen LogP contribution in [0.2, 0.25) is 0 Å². The SMILES string of the molecule is [CH2]C(C)(C)CC1CC(=O)OC1=O. The Hall–Kier alpha value is -0.860. The van der Waals surface area contributed by atoms with Gasteiger partial charge in [-0.05, 0) is 18.8 Å². The first-order valence-electron chi connectivity index (χ1n) is 3.98. The van der Waals surface area contributed by atoms with Crippen LogP contribution in [0.4, 0.5) is 0 Å². The number of esters is 2. The van der Waals surface area contributed by atoms with Crippen molar-refractivity contribution in [2.75, 3.05) is 0 Å². The zero-order chi connectivity index (χ0) is 9.35. The normalized spacial score (nSPS) is 24.4. The van der Waals surface area contributed by atoms with Crippen LogP contribution in [0.5, 0.6) is 0 Å². The van der Waals surface area contributed by atoms with Crippen molar-refractivity contribution < 1.29 is 14.3 Å². The van der Waals surface area contributed by atoms with Gasteiger partial charge in [-0.25, -0.2) is 0 Å². The molecular weight excluding hydrogens is 156 g/mol. The summed E-state index contributed by atoms with van der Waals surface area (Å²) >= 11 is 0. The zero-order valence-corrected chi connectivity index (χ0v) is 7.42. The van der Waals surface area contributed by atoms with E-state index >= 15 is 0 Å². The summed E-state index contributed by atoms with van der Waals surface area (Å²) in [7, 11) is 0. The van der Waals surface area contributed by atoms with Crippen molar-refractivity contribution in [1.82, 2.24) is 0 Å². The molecule has 0 aromatic heterocycles. The molecule has 1 radical (unpaired) electrons. The van der Waals surface area contributed by atoms with Crippen LogP contribution in [0.3, 0.4) is 0 Å². The lowest BCUT2D eigenvalue weighted by molar-refractivity contribution is -0.153. The van der Waals surface area contributed by atoms with Gasteiger partial charge in [0.2, 0.25) is 0 Å². The Balaban J connectivity index is 2.54. The van der Waals surface area contributed by atoms with Crippen LogP contribution < -0.4 is 0 Å². The molecule has 12 heavy (non-hydrogen) atoms. The van der Waals surface area contributed by atoms with Gasteiger partial charge >= 0.3 is 11.9 Å². The number of carbonyl (C=O) groups is 2. The zero-order valence-electron chi connectivity index (χ0n) is 7.42. The third kappa shape index (κ3) is 2.32. The molecule has 0 N–H and O–H groups in total. The summed E-state index contributed by atoms with van der Waals surface area (Å²) in [6, 6.07) is 0. The molecule has 1 fully saturated rings. The van der Waals surface area contributed by atoms with Crippen molar-refractivity contribution >= 4 is 11.9 Å². The molecule has 3 nitrogen and oxygen atoms in total. The molecule has 0 aromatic rings. The van der Waals surface area contributed by atoms with Gasteiger partial charge in [-0.3, -0.25) is 9.59 Å². The average molecular weight is 169 g/mol. The smallest absolute Gasteiger partial charge is 0.317 e. The minimum Gasteiger partial charge on any atom is -0.393 e. The predicted molar refractivity (Wildman–Crippen MR) is 43.0 cm³/mol. The maximum absolute atomic E-state index is 11.0. The van der Waals surface area contributed by atoms with E-state index in [-0.39, 0.29) is 17.8 Å². The lowest BCUT2D eigenvalue weighted by Crippen LogP contribution is -2.17. The lowest BCUT2D eigenvalue weighted by Gasteiger charge is -2.19. The van der Waals surface area contributed by atoms with Gasteiger partial charge in [0, 0.05) is 0 Å². The third-order valence-electron chi connectivity index (χ3n) is 1.76. The molecule has 1 aliphatic rings. The Morgan fingerprint density at radius 2 is 2.17 bits per heavy atom. The molecule has 0 amide bonds. The topological polar surface area (TPSA) is 43.4 Å². The highest BCUT2D eigenvalue weighted by molar-refractivity contribution is 5.94. The van der Waals surface area contributed by atoms with Gasteiger partial charge in [0.1, 0.15) is 0 Å². The van der Waals surface area contributed by atoms with Crippen molar-refractivity contribution in [3.8, 4) is 0 Å². The molecule has 1 rings (SSSR count). The Labute approximate surface area is 72.1 Å². The van der Waals surface area contributed by atoms with Crippen LogP contribution in [-0.4, -0.2) is 11.9 Å². The molecule has 67 valence electrons. The van der Waals surface area contributed by atoms with Gasteiger partial charge in [0.05, 0.1) is 12.3 Å². The number of hydrogen-bond donors (Lipinski definition) is 0. The number of ether oxygens (including phenoxy) is 1. The average Bonchev–Trinajstić information content (AvgIpc) is 2.06. The fourth-order valence-electron chi connectivity index (χ4n) is 1.34. The fraction of sp³-hybridized carbons (Fsp3) is 0.667. The molecule has 1 heterocycles. The summed E-state index contributed by atoms with van der Waals surface area (Å²) in [5, 5.41) is 0. The van der Waals surface area contributed by atoms with Crippen LogP contribution in [0.25, 0.3) is 0 Å². The second kappa shape index (κ2) is 2.88. The Bertz CT molecular complexity index is 212. The van der Waals surface area contributed by atoms with E-state index in [1.165, 1.54) is 0 Å². The summed E-state index contributed by atoms with van der Waals surface area (Å²) in [6.45, 7) is 7.74. The second-order valence-electron chi connectivity index (χ2n) is 4.06. The molecule has 0 saturated carbocycles. The summed E-state index contributed by atoms with van der Waals surface area (Å²) < 4.78 is 4.41. The van der Waals surface area contributed by atoms with Crippen LogP contribution in [0, 0.1) is 18.3 Å². The van der Waals surface area contributed by atoms with Crippen LogP contribution in [0.15, 0.2) is 0 Å². The van der Waals surface area contributed by atoms with Crippen LogP contribution >= 0.6 is 0 Å². The maximum atomic E-state index is 11.0. The molecule has 1 saturated heterocycles. The molecule has 0 aliphatic carbocycles. The van der Waals surface area contributed by atoms with Crippen molar-refractivity contribution in [2.45, 2.75) is 26.7 Å². The van der Waals surface area contributed by atoms with Gasteiger partial charge in [0.25, 0.3) is 0 Å². The highest BCUT2D eigenvalue weighted by Crippen LogP contribution is 2.29. The molecule has 0 spiro atoms. The molecule has 1 unspecified atom stereocenters. The van der Waals surface area contributed by atoms with Gasteiger partial charge in [-0.15, -0.1) is 0 Å². The second-order valence-corrected chi connectivity index (χ2v) is 4.06. The fourth-order valence-corrected chi connectivity index (χ4v) is 1.34. The van der Waals surface area contributed by atoms with E-state index in [0.29, 0.717) is 6.42 Å². The summed E-state index contributed by atoms with van der Waals surface area (Å²) in [4.78, 5) is 21.7. The predicted octanol–water partition coefficient (Wildman–Crippen LogP) is 1.33. The molecule has 0 aromatic carbocycles. The van der Waals surface area contributed by atoms with E-state index in [4.69, 9.17) is 0 Å². The van der Waals surface area contributed by atoms with Crippen molar-refractivity contribution in [3.05, 3.63) is 6.92 Å².